The summed E-state index contributed by atoms with van der Waals surface area (Å²) in [5.74, 6) is -0.0764. The van der Waals surface area contributed by atoms with Crippen LogP contribution in [-0.4, -0.2) is 43.5 Å². The molecular weight excluding hydrogens is 465 g/mol. The number of hydrogen-bond donors (Lipinski definition) is 3. The minimum Gasteiger partial charge on any atom is -0.356 e. The van der Waals surface area contributed by atoms with E-state index in [9.17, 15) is 14.0 Å². The number of aromatic nitrogens is 5. The number of halogens is 1. The number of carbonyl (C=O) groups is 2. The van der Waals surface area contributed by atoms with Crippen molar-refractivity contribution in [2.75, 3.05) is 6.54 Å². The summed E-state index contributed by atoms with van der Waals surface area (Å²) in [6.45, 7) is 6.26. The number of fused-ring (bicyclic) bond motifs is 1. The maximum atomic E-state index is 15.0. The van der Waals surface area contributed by atoms with Crippen LogP contribution in [0.4, 0.5) is 4.39 Å². The molecule has 5 rings (SSSR count). The fourth-order valence-electron chi connectivity index (χ4n) is 4.10. The standard InChI is InChI=1S/C25H26FN7O3/c1-25(2,3)24-32-22(33-36-24)23(35)29-12-15-5-4-13(10-17(15)26)16-7-9-28-21-19(16)30-20(31-21)14-6-8-27-18(34)11-14/h4-5,7,9-10,14H,6,8,11-12H2,1-3H3,(H,27,34)(H,29,35)(H,28,30,31). The molecule has 0 bridgehead atoms. The highest BCUT2D eigenvalue weighted by molar-refractivity contribution is 5.91. The van der Waals surface area contributed by atoms with E-state index in [0.29, 0.717) is 47.0 Å². The molecule has 186 valence electrons. The van der Waals surface area contributed by atoms with Crippen molar-refractivity contribution in [3.8, 4) is 11.1 Å². The molecule has 0 spiro atoms. The minimum atomic E-state index is -0.547. The summed E-state index contributed by atoms with van der Waals surface area (Å²) in [4.78, 5) is 40.6. The van der Waals surface area contributed by atoms with Gasteiger partial charge in [0.15, 0.2) is 5.65 Å². The number of pyridine rings is 1. The summed E-state index contributed by atoms with van der Waals surface area (Å²) in [6.07, 6.45) is 2.79. The van der Waals surface area contributed by atoms with Gasteiger partial charge < -0.3 is 20.1 Å². The van der Waals surface area contributed by atoms with Gasteiger partial charge in [0.25, 0.3) is 11.7 Å². The lowest BCUT2D eigenvalue weighted by atomic mass is 9.97. The number of nitrogens with one attached hydrogen (secondary N) is 3. The predicted octanol–water partition coefficient (Wildman–Crippen LogP) is 3.37. The van der Waals surface area contributed by atoms with Crippen molar-refractivity contribution >= 4 is 23.0 Å². The maximum absolute atomic E-state index is 15.0. The van der Waals surface area contributed by atoms with E-state index in [4.69, 9.17) is 9.51 Å². The molecule has 3 N–H and O–H groups in total. The Bertz CT molecular complexity index is 1450. The molecule has 1 aliphatic rings. The molecular formula is C25H26FN7O3. The van der Waals surface area contributed by atoms with Gasteiger partial charge >= 0.3 is 0 Å². The lowest BCUT2D eigenvalue weighted by molar-refractivity contribution is -0.122. The molecule has 1 aromatic carbocycles. The zero-order valence-electron chi connectivity index (χ0n) is 20.2. The molecule has 2 amide bonds. The third-order valence-electron chi connectivity index (χ3n) is 6.11. The van der Waals surface area contributed by atoms with Gasteiger partial charge in [-0.25, -0.2) is 14.4 Å². The van der Waals surface area contributed by atoms with E-state index >= 15 is 0 Å². The van der Waals surface area contributed by atoms with Crippen molar-refractivity contribution in [3.63, 3.8) is 0 Å². The van der Waals surface area contributed by atoms with Gasteiger partial charge in [-0.2, -0.15) is 4.98 Å². The smallest absolute Gasteiger partial charge is 0.292 e. The lowest BCUT2D eigenvalue weighted by Gasteiger charge is -2.19. The maximum Gasteiger partial charge on any atom is 0.292 e. The largest absolute Gasteiger partial charge is 0.356 e. The van der Waals surface area contributed by atoms with Crippen molar-refractivity contribution in [3.05, 3.63) is 59.4 Å². The SMILES string of the molecule is CC(C)(C)c1nc(C(=O)NCc2ccc(-c3ccnc4[nH]c(C5CCNC(=O)C5)nc34)cc2F)no1. The van der Waals surface area contributed by atoms with E-state index in [2.05, 4.69) is 30.7 Å². The average Bonchev–Trinajstić information content (AvgIpc) is 3.51. The summed E-state index contributed by atoms with van der Waals surface area (Å²) >= 11 is 0. The number of imidazole rings is 1. The molecule has 1 fully saturated rings. The van der Waals surface area contributed by atoms with Gasteiger partial charge in [-0.05, 0) is 24.1 Å². The molecule has 1 aliphatic heterocycles. The van der Waals surface area contributed by atoms with E-state index in [1.165, 1.54) is 6.07 Å². The highest BCUT2D eigenvalue weighted by Gasteiger charge is 2.25. The quantitative estimate of drug-likeness (QED) is 0.389. The lowest BCUT2D eigenvalue weighted by Crippen LogP contribution is -2.32. The molecule has 4 heterocycles. The highest BCUT2D eigenvalue weighted by Crippen LogP contribution is 2.31. The van der Waals surface area contributed by atoms with E-state index in [0.717, 1.165) is 12.0 Å². The van der Waals surface area contributed by atoms with Gasteiger partial charge in [-0.15, -0.1) is 0 Å². The van der Waals surface area contributed by atoms with Crippen LogP contribution in [0.25, 0.3) is 22.3 Å². The van der Waals surface area contributed by atoms with Crippen LogP contribution in [0.15, 0.2) is 35.0 Å². The Balaban J connectivity index is 1.33. The van der Waals surface area contributed by atoms with E-state index in [-0.39, 0.29) is 29.6 Å². The van der Waals surface area contributed by atoms with Crippen molar-refractivity contribution in [1.29, 1.82) is 0 Å². The van der Waals surface area contributed by atoms with Gasteiger partial charge in [0.1, 0.15) is 17.2 Å². The zero-order chi connectivity index (χ0) is 25.4. The van der Waals surface area contributed by atoms with Crippen LogP contribution < -0.4 is 10.6 Å². The first-order valence-corrected chi connectivity index (χ1v) is 11.7. The van der Waals surface area contributed by atoms with Gasteiger partial charge in [-0.3, -0.25) is 9.59 Å². The fraction of sp³-hybridized carbons (Fsp3) is 0.360. The second kappa shape index (κ2) is 9.14. The first kappa shape index (κ1) is 23.6. The number of H-pyrrole nitrogens is 1. The number of piperidine rings is 1. The summed E-state index contributed by atoms with van der Waals surface area (Å²) < 4.78 is 20.1. The van der Waals surface area contributed by atoms with E-state index in [1.807, 2.05) is 20.8 Å². The predicted molar refractivity (Wildman–Crippen MR) is 128 cm³/mol. The monoisotopic (exact) mass is 491 g/mol. The van der Waals surface area contributed by atoms with Crippen molar-refractivity contribution in [2.24, 2.45) is 0 Å². The van der Waals surface area contributed by atoms with Gasteiger partial charge in [-0.1, -0.05) is 38.1 Å². The van der Waals surface area contributed by atoms with Gasteiger partial charge in [0.05, 0.1) is 0 Å². The Labute approximate surface area is 206 Å². The molecule has 0 radical (unpaired) electrons. The first-order valence-electron chi connectivity index (χ1n) is 11.7. The molecule has 36 heavy (non-hydrogen) atoms. The molecule has 1 saturated heterocycles. The molecule has 10 nitrogen and oxygen atoms in total. The number of nitrogens with zero attached hydrogens (tertiary/aromatic N) is 4. The number of benzene rings is 1. The zero-order valence-corrected chi connectivity index (χ0v) is 20.2. The molecule has 1 unspecified atom stereocenters. The van der Waals surface area contributed by atoms with E-state index < -0.39 is 11.7 Å². The minimum absolute atomic E-state index is 0.00128. The third kappa shape index (κ3) is 4.68. The summed E-state index contributed by atoms with van der Waals surface area (Å²) in [5.41, 5.74) is 2.48. The van der Waals surface area contributed by atoms with Crippen LogP contribution in [0.1, 0.15) is 67.4 Å². The molecule has 1 atom stereocenters. The third-order valence-corrected chi connectivity index (χ3v) is 6.11. The second-order valence-electron chi connectivity index (χ2n) is 9.88. The summed E-state index contributed by atoms with van der Waals surface area (Å²) in [7, 11) is 0. The Morgan fingerprint density at radius 2 is 2.08 bits per heavy atom. The molecule has 0 saturated carbocycles. The first-order chi connectivity index (χ1) is 17.2. The van der Waals surface area contributed by atoms with Crippen LogP contribution in [0.3, 0.4) is 0 Å². The number of aromatic amines is 1. The van der Waals surface area contributed by atoms with Crippen LogP contribution in [0.5, 0.6) is 0 Å². The van der Waals surface area contributed by atoms with E-state index in [1.54, 1.807) is 24.4 Å². The van der Waals surface area contributed by atoms with Crippen LogP contribution >= 0.6 is 0 Å². The Morgan fingerprint density at radius 3 is 2.81 bits per heavy atom. The van der Waals surface area contributed by atoms with Crippen molar-refractivity contribution < 1.29 is 18.5 Å². The van der Waals surface area contributed by atoms with Gasteiger partial charge in [0, 0.05) is 48.2 Å². The Morgan fingerprint density at radius 1 is 1.25 bits per heavy atom. The summed E-state index contributed by atoms with van der Waals surface area (Å²) in [6, 6.07) is 6.57. The van der Waals surface area contributed by atoms with Crippen LogP contribution in [0, 0.1) is 5.82 Å². The van der Waals surface area contributed by atoms with Gasteiger partial charge in [0.2, 0.25) is 11.8 Å². The van der Waals surface area contributed by atoms with Crippen molar-refractivity contribution in [2.45, 2.75) is 51.5 Å². The number of carbonyl (C=O) groups excluding carboxylic acids is 2. The highest BCUT2D eigenvalue weighted by atomic mass is 19.1. The average molecular weight is 492 g/mol. The Hall–Kier alpha value is -4.15. The Kier molecular flexibility index (Phi) is 5.99. The summed E-state index contributed by atoms with van der Waals surface area (Å²) in [5, 5.41) is 9.16. The molecule has 4 aromatic rings. The van der Waals surface area contributed by atoms with Crippen molar-refractivity contribution in [1.82, 2.24) is 35.7 Å². The topological polar surface area (TPSA) is 139 Å². The van der Waals surface area contributed by atoms with Crippen LogP contribution in [0.2, 0.25) is 0 Å². The molecule has 3 aromatic heterocycles. The number of rotatable bonds is 5. The fourth-order valence-corrected chi connectivity index (χ4v) is 4.10. The molecule has 0 aliphatic carbocycles. The number of amides is 2. The molecule has 11 heteroatoms. The number of hydrogen-bond acceptors (Lipinski definition) is 7. The van der Waals surface area contributed by atoms with Crippen LogP contribution in [-0.2, 0) is 16.8 Å². The second-order valence-corrected chi connectivity index (χ2v) is 9.88. The normalized spacial score (nSPS) is 16.2.